The predicted molar refractivity (Wildman–Crippen MR) is 70.2 cm³/mol. The van der Waals surface area contributed by atoms with Gasteiger partial charge in [-0.3, -0.25) is 9.59 Å². The van der Waals surface area contributed by atoms with E-state index in [1.165, 1.54) is 0 Å². The molecule has 1 aliphatic heterocycles. The Labute approximate surface area is 111 Å². The molecule has 18 heavy (non-hydrogen) atoms. The van der Waals surface area contributed by atoms with Gasteiger partial charge in [-0.25, -0.2) is 0 Å². The lowest BCUT2D eigenvalue weighted by Gasteiger charge is -2.26. The number of aromatic nitrogens is 1. The first-order valence-electron chi connectivity index (χ1n) is 6.11. The number of halogens is 1. The highest BCUT2D eigenvalue weighted by Crippen LogP contribution is 2.26. The van der Waals surface area contributed by atoms with Crippen LogP contribution >= 0.6 is 11.6 Å². The average molecular weight is 269 g/mol. The standard InChI is InChI=1S/C13H17ClN2O2/c1-8-6-10(12(17)7-14)9(2)16(8)11-4-3-5-15-13(11)18/h6,11H,3-5,7H2,1-2H3,(H,15,18). The summed E-state index contributed by atoms with van der Waals surface area (Å²) >= 11 is 5.60. The van der Waals surface area contributed by atoms with Crippen molar-refractivity contribution < 1.29 is 9.59 Å². The summed E-state index contributed by atoms with van der Waals surface area (Å²) < 4.78 is 1.95. The van der Waals surface area contributed by atoms with Crippen LogP contribution < -0.4 is 5.32 Å². The molecule has 1 fully saturated rings. The smallest absolute Gasteiger partial charge is 0.243 e. The molecule has 5 heteroatoms. The van der Waals surface area contributed by atoms with Gasteiger partial charge >= 0.3 is 0 Å². The molecule has 1 unspecified atom stereocenters. The Morgan fingerprint density at radius 2 is 2.28 bits per heavy atom. The van der Waals surface area contributed by atoms with Crippen LogP contribution in [0.5, 0.6) is 0 Å². The monoisotopic (exact) mass is 268 g/mol. The first-order chi connectivity index (χ1) is 8.56. The minimum atomic E-state index is -0.198. The van der Waals surface area contributed by atoms with Crippen LogP contribution in [0.4, 0.5) is 0 Å². The number of hydrogen-bond donors (Lipinski definition) is 1. The zero-order valence-corrected chi connectivity index (χ0v) is 11.4. The van der Waals surface area contributed by atoms with E-state index in [2.05, 4.69) is 5.32 Å². The van der Waals surface area contributed by atoms with Crippen molar-refractivity contribution in [2.45, 2.75) is 32.7 Å². The second-order valence-corrected chi connectivity index (χ2v) is 4.93. The summed E-state index contributed by atoms with van der Waals surface area (Å²) in [6, 6.07) is 1.62. The molecule has 2 rings (SSSR count). The Bertz CT molecular complexity index is 493. The summed E-state index contributed by atoms with van der Waals surface area (Å²) in [6.45, 7) is 4.52. The SMILES string of the molecule is Cc1cc(C(=O)CCl)c(C)n1C1CCCNC1=O. The van der Waals surface area contributed by atoms with Gasteiger partial charge in [0.25, 0.3) is 0 Å². The van der Waals surface area contributed by atoms with E-state index in [-0.39, 0.29) is 23.6 Å². The third-order valence-electron chi connectivity index (χ3n) is 3.47. The predicted octanol–water partition coefficient (Wildman–Crippen LogP) is 1.98. The van der Waals surface area contributed by atoms with Crippen LogP contribution in [-0.2, 0) is 4.79 Å². The number of alkyl halides is 1. The molecule has 0 radical (unpaired) electrons. The lowest BCUT2D eigenvalue weighted by atomic mass is 10.1. The van der Waals surface area contributed by atoms with E-state index in [0.29, 0.717) is 5.56 Å². The van der Waals surface area contributed by atoms with Gasteiger partial charge in [-0.2, -0.15) is 0 Å². The van der Waals surface area contributed by atoms with Crippen LogP contribution in [-0.4, -0.2) is 28.7 Å². The average Bonchev–Trinajstić information content (AvgIpc) is 2.65. The second kappa shape index (κ2) is 5.14. The Morgan fingerprint density at radius 3 is 2.89 bits per heavy atom. The molecule has 0 aromatic carbocycles. The van der Waals surface area contributed by atoms with Crippen LogP contribution in [0.25, 0.3) is 0 Å². The fourth-order valence-corrected chi connectivity index (χ4v) is 2.76. The van der Waals surface area contributed by atoms with E-state index in [9.17, 15) is 9.59 Å². The Hall–Kier alpha value is -1.29. The summed E-state index contributed by atoms with van der Waals surface area (Å²) in [5.41, 5.74) is 2.39. The van der Waals surface area contributed by atoms with Gasteiger partial charge in [0.1, 0.15) is 6.04 Å². The molecular weight excluding hydrogens is 252 g/mol. The molecule has 1 atom stereocenters. The normalized spacial score (nSPS) is 19.7. The van der Waals surface area contributed by atoms with E-state index in [4.69, 9.17) is 11.6 Å². The van der Waals surface area contributed by atoms with Crippen LogP contribution in [0.2, 0.25) is 0 Å². The van der Waals surface area contributed by atoms with Crippen LogP contribution in [0.15, 0.2) is 6.07 Å². The van der Waals surface area contributed by atoms with E-state index in [1.54, 1.807) is 0 Å². The van der Waals surface area contributed by atoms with Gasteiger partial charge in [0.05, 0.1) is 5.88 Å². The molecule has 2 heterocycles. The Balaban J connectivity index is 2.41. The fourth-order valence-electron chi connectivity index (χ4n) is 2.61. The molecule has 1 aliphatic rings. The van der Waals surface area contributed by atoms with Gasteiger partial charge < -0.3 is 9.88 Å². The highest BCUT2D eigenvalue weighted by Gasteiger charge is 2.27. The minimum absolute atomic E-state index is 0.0266. The van der Waals surface area contributed by atoms with Crippen molar-refractivity contribution in [3.63, 3.8) is 0 Å². The lowest BCUT2D eigenvalue weighted by molar-refractivity contribution is -0.125. The number of amides is 1. The van der Waals surface area contributed by atoms with Crippen molar-refractivity contribution in [1.82, 2.24) is 9.88 Å². The number of aryl methyl sites for hydroxylation is 1. The van der Waals surface area contributed by atoms with Crippen LogP contribution in [0.1, 0.15) is 40.6 Å². The summed E-state index contributed by atoms with van der Waals surface area (Å²) in [5, 5.41) is 2.87. The van der Waals surface area contributed by atoms with Gasteiger partial charge in [0.2, 0.25) is 5.91 Å². The number of nitrogens with zero attached hydrogens (tertiary/aromatic N) is 1. The lowest BCUT2D eigenvalue weighted by Crippen LogP contribution is -2.38. The summed E-state index contributed by atoms with van der Waals surface area (Å²) in [5.74, 6) is -0.0820. The van der Waals surface area contributed by atoms with Crippen molar-refractivity contribution in [2.75, 3.05) is 12.4 Å². The van der Waals surface area contributed by atoms with Gasteiger partial charge in [0.15, 0.2) is 5.78 Å². The zero-order chi connectivity index (χ0) is 13.3. The first kappa shape index (κ1) is 13.1. The number of piperidine rings is 1. The summed E-state index contributed by atoms with van der Waals surface area (Å²) in [4.78, 5) is 23.6. The number of nitrogens with one attached hydrogen (secondary N) is 1. The van der Waals surface area contributed by atoms with E-state index in [1.807, 2.05) is 24.5 Å². The van der Waals surface area contributed by atoms with Crippen molar-refractivity contribution in [3.05, 3.63) is 23.0 Å². The quantitative estimate of drug-likeness (QED) is 0.673. The van der Waals surface area contributed by atoms with Gasteiger partial charge in [-0.1, -0.05) is 0 Å². The maximum atomic E-state index is 11.9. The second-order valence-electron chi connectivity index (χ2n) is 4.66. The van der Waals surface area contributed by atoms with Gasteiger partial charge in [-0.05, 0) is 32.8 Å². The molecule has 1 aromatic rings. The van der Waals surface area contributed by atoms with Crippen molar-refractivity contribution >= 4 is 23.3 Å². The third-order valence-corrected chi connectivity index (χ3v) is 3.72. The zero-order valence-electron chi connectivity index (χ0n) is 10.6. The van der Waals surface area contributed by atoms with Gasteiger partial charge in [0, 0.05) is 23.5 Å². The fraction of sp³-hybridized carbons (Fsp3) is 0.538. The molecular formula is C13H17ClN2O2. The molecule has 0 bridgehead atoms. The van der Waals surface area contributed by atoms with E-state index in [0.717, 1.165) is 30.8 Å². The maximum absolute atomic E-state index is 11.9. The van der Waals surface area contributed by atoms with Crippen molar-refractivity contribution in [1.29, 1.82) is 0 Å². The molecule has 1 N–H and O–H groups in total. The minimum Gasteiger partial charge on any atom is -0.354 e. The highest BCUT2D eigenvalue weighted by atomic mass is 35.5. The van der Waals surface area contributed by atoms with Crippen LogP contribution in [0, 0.1) is 13.8 Å². The molecule has 0 aliphatic carbocycles. The van der Waals surface area contributed by atoms with Gasteiger partial charge in [-0.15, -0.1) is 11.6 Å². The molecule has 1 amide bonds. The molecule has 98 valence electrons. The number of carbonyl (C=O) groups excluding carboxylic acids is 2. The molecule has 1 saturated heterocycles. The molecule has 0 spiro atoms. The topological polar surface area (TPSA) is 51.1 Å². The number of carbonyl (C=O) groups is 2. The summed E-state index contributed by atoms with van der Waals surface area (Å²) in [7, 11) is 0. The van der Waals surface area contributed by atoms with Crippen molar-refractivity contribution in [3.8, 4) is 0 Å². The van der Waals surface area contributed by atoms with Crippen molar-refractivity contribution in [2.24, 2.45) is 0 Å². The molecule has 0 saturated carbocycles. The van der Waals surface area contributed by atoms with E-state index >= 15 is 0 Å². The van der Waals surface area contributed by atoms with E-state index < -0.39 is 0 Å². The number of hydrogen-bond acceptors (Lipinski definition) is 2. The maximum Gasteiger partial charge on any atom is 0.243 e. The largest absolute Gasteiger partial charge is 0.354 e. The number of ketones is 1. The Morgan fingerprint density at radius 1 is 1.56 bits per heavy atom. The highest BCUT2D eigenvalue weighted by molar-refractivity contribution is 6.30. The first-order valence-corrected chi connectivity index (χ1v) is 6.65. The molecule has 1 aromatic heterocycles. The number of rotatable bonds is 3. The molecule has 4 nitrogen and oxygen atoms in total. The van der Waals surface area contributed by atoms with Crippen LogP contribution in [0.3, 0.4) is 0 Å². The Kier molecular flexibility index (Phi) is 3.76. The summed E-state index contributed by atoms with van der Waals surface area (Å²) in [6.07, 6.45) is 1.78. The third kappa shape index (κ3) is 2.17. The number of Topliss-reactive ketones (excluding diaryl/α,β-unsaturated/α-hetero) is 1.